The average Bonchev–Trinajstić information content (AvgIpc) is 3.49. The molecule has 2 aliphatic rings. The number of methoxy groups -OCH3 is 1. The second-order valence-electron chi connectivity index (χ2n) is 12.5. The summed E-state index contributed by atoms with van der Waals surface area (Å²) >= 11 is 7.22. The molecule has 4 heterocycles. The van der Waals surface area contributed by atoms with Crippen LogP contribution in [-0.2, 0) is 46.3 Å². The minimum absolute atomic E-state index is 0. The minimum atomic E-state index is -0.408. The van der Waals surface area contributed by atoms with Crippen LogP contribution in [0.15, 0.2) is 58.1 Å². The fourth-order valence-corrected chi connectivity index (χ4v) is 7.33. The van der Waals surface area contributed by atoms with E-state index in [1.807, 2.05) is 50.2 Å². The van der Waals surface area contributed by atoms with Crippen molar-refractivity contribution in [3.05, 3.63) is 103 Å². The summed E-state index contributed by atoms with van der Waals surface area (Å²) in [5.74, 6) is 1.01. The number of ether oxygens (including phenoxy) is 2. The first kappa shape index (κ1) is 35.0. The SMILES string of the molecule is COc1nc(-c2cccc(-c3cccc(Nc4nc(C)cc5c4c(=O)n(C)c(=O)n5C)c3C)c2Cl)cc2c1[C@@H](N[C@H]1[CH-]COCC1)CC2.[Mo]. The summed E-state index contributed by atoms with van der Waals surface area (Å²) < 4.78 is 13.9. The molecular weight excluding hydrogens is 724 g/mol. The first-order valence-corrected chi connectivity index (χ1v) is 16.5. The van der Waals surface area contributed by atoms with Crippen molar-refractivity contribution < 1.29 is 30.5 Å². The summed E-state index contributed by atoms with van der Waals surface area (Å²) in [6.07, 6.45) is 5.04. The third-order valence-corrected chi connectivity index (χ3v) is 9.98. The predicted molar refractivity (Wildman–Crippen MR) is 189 cm³/mol. The number of nitrogens with zero attached hydrogens (tertiary/aromatic N) is 4. The van der Waals surface area contributed by atoms with Crippen molar-refractivity contribution in [2.75, 3.05) is 25.6 Å². The maximum atomic E-state index is 13.3. The molecule has 1 saturated heterocycles. The van der Waals surface area contributed by atoms with Gasteiger partial charge in [-0.2, -0.15) is 0 Å². The van der Waals surface area contributed by atoms with E-state index in [2.05, 4.69) is 28.1 Å². The van der Waals surface area contributed by atoms with Gasteiger partial charge in [0.1, 0.15) is 11.2 Å². The molecule has 0 bridgehead atoms. The Morgan fingerprint density at radius 2 is 1.76 bits per heavy atom. The molecule has 1 aliphatic carbocycles. The number of hydrogen-bond acceptors (Lipinski definition) is 8. The van der Waals surface area contributed by atoms with Gasteiger partial charge in [0.15, 0.2) is 0 Å². The van der Waals surface area contributed by atoms with Gasteiger partial charge >= 0.3 is 5.69 Å². The monoisotopic (exact) mass is 763 g/mol. The smallest absolute Gasteiger partial charge is 0.330 e. The molecular formula is C37H38ClMoN6O4-. The first-order valence-electron chi connectivity index (χ1n) is 16.1. The van der Waals surface area contributed by atoms with Crippen LogP contribution in [0, 0.1) is 20.3 Å². The van der Waals surface area contributed by atoms with E-state index in [9.17, 15) is 9.59 Å². The van der Waals surface area contributed by atoms with Crippen molar-refractivity contribution in [1.82, 2.24) is 24.4 Å². The van der Waals surface area contributed by atoms with E-state index in [4.69, 9.17) is 26.1 Å². The van der Waals surface area contributed by atoms with Gasteiger partial charge in [-0.15, -0.1) is 6.04 Å². The molecule has 5 aromatic rings. The molecule has 2 atom stereocenters. The van der Waals surface area contributed by atoms with E-state index < -0.39 is 11.2 Å². The zero-order valence-corrected chi connectivity index (χ0v) is 30.9. The summed E-state index contributed by atoms with van der Waals surface area (Å²) in [4.78, 5) is 35.5. The topological polar surface area (TPSA) is 112 Å². The molecule has 1 aliphatic heterocycles. The molecule has 0 saturated carbocycles. The summed E-state index contributed by atoms with van der Waals surface area (Å²) in [5.41, 5.74) is 7.78. The third kappa shape index (κ3) is 6.36. The van der Waals surface area contributed by atoms with Crippen molar-refractivity contribution in [2.45, 2.75) is 45.2 Å². The van der Waals surface area contributed by atoms with Crippen LogP contribution in [0.4, 0.5) is 11.5 Å². The van der Waals surface area contributed by atoms with Crippen LogP contribution in [0.5, 0.6) is 5.88 Å². The van der Waals surface area contributed by atoms with E-state index in [1.54, 1.807) is 20.2 Å². The Labute approximate surface area is 304 Å². The number of aryl methyl sites for hydroxylation is 3. The number of rotatable bonds is 7. The number of hydrogen-bond donors (Lipinski definition) is 2. The Balaban J connectivity index is 0.00000417. The summed E-state index contributed by atoms with van der Waals surface area (Å²) in [6, 6.07) is 16.2. The average molecular weight is 762 g/mol. The summed E-state index contributed by atoms with van der Waals surface area (Å²) in [5, 5.41) is 8.10. The van der Waals surface area contributed by atoms with Gasteiger partial charge in [0, 0.05) is 75.9 Å². The van der Waals surface area contributed by atoms with Crippen LogP contribution in [-0.4, -0.2) is 45.5 Å². The molecule has 0 radical (unpaired) electrons. The first-order chi connectivity index (χ1) is 23.2. The molecule has 3 aromatic heterocycles. The number of nitrogens with one attached hydrogen (secondary N) is 2. The second kappa shape index (κ2) is 14.2. The van der Waals surface area contributed by atoms with Crippen LogP contribution >= 0.6 is 11.6 Å². The van der Waals surface area contributed by atoms with Gasteiger partial charge < -0.3 is 20.1 Å². The van der Waals surface area contributed by atoms with Crippen molar-refractivity contribution in [2.24, 2.45) is 14.1 Å². The molecule has 10 nitrogen and oxygen atoms in total. The fourth-order valence-electron chi connectivity index (χ4n) is 7.00. The molecule has 0 spiro atoms. The normalized spacial score (nSPS) is 17.1. The number of halogens is 1. The van der Waals surface area contributed by atoms with Crippen LogP contribution in [0.25, 0.3) is 33.3 Å². The number of aromatic nitrogens is 4. The Kier molecular flexibility index (Phi) is 10.1. The van der Waals surface area contributed by atoms with Crippen molar-refractivity contribution in [3.8, 4) is 28.3 Å². The Hall–Kier alpha value is -3.82. The standard InChI is InChI=1S/C37H38ClN6O4.Mo/c1-20-18-30-32(36(45)44(4)37(46)43(30)3)34(39-20)41-27-11-7-8-24(21(27)2)25-9-6-10-26(33(25)38)29-19-22-12-13-28(31(22)35(42-29)47-5)40-23-14-16-48-17-15-23;/h6-11,14,18-19,23,28,40H,12-13,15-17H2,1-5H3,(H,39,41);/q-1;/t23-,28-;/m0./s1. The molecule has 0 unspecified atom stereocenters. The summed E-state index contributed by atoms with van der Waals surface area (Å²) in [7, 11) is 4.80. The van der Waals surface area contributed by atoms with Gasteiger partial charge in [0.2, 0.25) is 5.88 Å². The molecule has 7 rings (SSSR count). The fraction of sp³-hybridized carbons (Fsp3) is 0.324. The molecule has 2 aromatic carbocycles. The number of pyridine rings is 2. The van der Waals surface area contributed by atoms with E-state index in [-0.39, 0.29) is 27.1 Å². The second-order valence-corrected chi connectivity index (χ2v) is 12.9. The van der Waals surface area contributed by atoms with Crippen LogP contribution in [0.2, 0.25) is 5.02 Å². The van der Waals surface area contributed by atoms with Crippen molar-refractivity contribution in [1.29, 1.82) is 0 Å². The minimum Gasteiger partial charge on any atom is -0.481 e. The van der Waals surface area contributed by atoms with Gasteiger partial charge in [-0.3, -0.25) is 20.3 Å². The quantitative estimate of drug-likeness (QED) is 0.155. The number of anilines is 2. The number of fused-ring (bicyclic) bond motifs is 2. The molecule has 254 valence electrons. The Morgan fingerprint density at radius 1 is 1.00 bits per heavy atom. The van der Waals surface area contributed by atoms with E-state index >= 15 is 0 Å². The molecule has 49 heavy (non-hydrogen) atoms. The largest absolute Gasteiger partial charge is 0.481 e. The summed E-state index contributed by atoms with van der Waals surface area (Å²) in [6.45, 7) is 5.27. The molecule has 0 amide bonds. The molecule has 12 heteroatoms. The Morgan fingerprint density at radius 3 is 2.51 bits per heavy atom. The molecule has 2 N–H and O–H groups in total. The van der Waals surface area contributed by atoms with Gasteiger partial charge in [-0.05, 0) is 68.0 Å². The van der Waals surface area contributed by atoms with Crippen molar-refractivity contribution >= 4 is 34.0 Å². The van der Waals surface area contributed by atoms with Crippen LogP contribution in [0.1, 0.15) is 41.3 Å². The van der Waals surface area contributed by atoms with E-state index in [0.29, 0.717) is 46.0 Å². The van der Waals surface area contributed by atoms with Crippen LogP contribution in [0.3, 0.4) is 0 Å². The Bertz CT molecular complexity index is 2190. The molecule has 1 fully saturated rings. The maximum Gasteiger partial charge on any atom is 0.330 e. The van der Waals surface area contributed by atoms with Gasteiger partial charge in [-0.25, -0.2) is 14.8 Å². The third-order valence-electron chi connectivity index (χ3n) is 9.57. The number of benzene rings is 2. The zero-order valence-electron chi connectivity index (χ0n) is 28.1. The maximum absolute atomic E-state index is 13.3. The predicted octanol–water partition coefficient (Wildman–Crippen LogP) is 5.95. The van der Waals surface area contributed by atoms with Crippen molar-refractivity contribution in [3.63, 3.8) is 0 Å². The zero-order chi connectivity index (χ0) is 33.7. The van der Waals surface area contributed by atoms with Crippen LogP contribution < -0.4 is 26.6 Å². The van der Waals surface area contributed by atoms with E-state index in [0.717, 1.165) is 69.6 Å². The van der Waals surface area contributed by atoms with Gasteiger partial charge in [0.05, 0.1) is 23.3 Å². The van der Waals surface area contributed by atoms with Gasteiger partial charge in [-0.1, -0.05) is 48.5 Å². The van der Waals surface area contributed by atoms with Gasteiger partial charge in [0.25, 0.3) is 5.56 Å². The van der Waals surface area contributed by atoms with E-state index in [1.165, 1.54) is 17.2 Å².